The molecule has 1 aromatic rings. The molecule has 0 aliphatic heterocycles. The van der Waals surface area contributed by atoms with Gasteiger partial charge in [0.2, 0.25) is 0 Å². The molecule has 0 unspecified atom stereocenters. The monoisotopic (exact) mass is 281 g/mol. The van der Waals surface area contributed by atoms with Crippen LogP contribution in [0.4, 0.5) is 0 Å². The Bertz CT molecular complexity index is 488. The Morgan fingerprint density at radius 3 is 2.95 bits per heavy atom. The van der Waals surface area contributed by atoms with Crippen LogP contribution in [0.5, 0.6) is 11.5 Å². The molecule has 0 heterocycles. The van der Waals surface area contributed by atoms with Crippen molar-refractivity contribution in [1.29, 1.82) is 0 Å². The van der Waals surface area contributed by atoms with Crippen LogP contribution in [0.1, 0.15) is 5.56 Å². The molecule has 0 amide bonds. The van der Waals surface area contributed by atoms with E-state index in [-0.39, 0.29) is 11.7 Å². The molecule has 1 aromatic carbocycles. The molecule has 0 fully saturated rings. The van der Waals surface area contributed by atoms with Crippen molar-refractivity contribution in [3.63, 3.8) is 0 Å². The summed E-state index contributed by atoms with van der Waals surface area (Å²) in [7, 11) is 1.56. The minimum Gasteiger partial charge on any atom is -0.493 e. The van der Waals surface area contributed by atoms with Gasteiger partial charge in [-0.3, -0.25) is 0 Å². The number of nitrogens with two attached hydrogens (primary N) is 1. The van der Waals surface area contributed by atoms with Crippen LogP contribution in [0.2, 0.25) is 0 Å². The Morgan fingerprint density at radius 2 is 2.32 bits per heavy atom. The summed E-state index contributed by atoms with van der Waals surface area (Å²) in [5, 5.41) is 6.48. The topological polar surface area (TPSA) is 105 Å². The van der Waals surface area contributed by atoms with E-state index in [1.165, 1.54) is 0 Å². The Labute approximate surface area is 116 Å². The Morgan fingerprint density at radius 1 is 1.53 bits per heavy atom. The molecule has 0 radical (unpaired) electrons. The highest BCUT2D eigenvalue weighted by molar-refractivity contribution is 7.80. The molecule has 0 aromatic heterocycles. The molecule has 0 saturated carbocycles. The smallest absolute Gasteiger partial charge is 0.163 e. The van der Waals surface area contributed by atoms with Gasteiger partial charge in [-0.1, -0.05) is 11.2 Å². The Kier molecular flexibility index (Phi) is 6.28. The third-order valence-electron chi connectivity index (χ3n) is 2.21. The van der Waals surface area contributed by atoms with Crippen molar-refractivity contribution in [2.75, 3.05) is 20.3 Å². The van der Waals surface area contributed by atoms with Gasteiger partial charge in [0.05, 0.1) is 20.3 Å². The number of nitrogens with zero attached hydrogens (tertiary/aromatic N) is 3. The lowest BCUT2D eigenvalue weighted by Crippen LogP contribution is -2.28. The van der Waals surface area contributed by atoms with Gasteiger partial charge in [-0.2, -0.15) is 0 Å². The van der Waals surface area contributed by atoms with E-state index in [4.69, 9.17) is 33.0 Å². The van der Waals surface area contributed by atoms with Crippen LogP contribution in [0, 0.1) is 0 Å². The first-order valence-corrected chi connectivity index (χ1v) is 5.92. The number of thiocarbonyl (C=S) groups is 1. The fourth-order valence-electron chi connectivity index (χ4n) is 1.37. The van der Waals surface area contributed by atoms with Crippen LogP contribution in [-0.2, 0) is 6.54 Å². The molecule has 0 saturated heterocycles. The van der Waals surface area contributed by atoms with Crippen molar-refractivity contribution >= 4 is 17.3 Å². The van der Waals surface area contributed by atoms with Gasteiger partial charge in [-0.15, -0.1) is 0 Å². The van der Waals surface area contributed by atoms with Gasteiger partial charge in [0.25, 0.3) is 0 Å². The quantitative estimate of drug-likeness (QED) is 0.260. The molecule has 3 N–H and O–H groups in total. The summed E-state index contributed by atoms with van der Waals surface area (Å²) in [6.45, 7) is 1.08. The predicted octanol–water partition coefficient (Wildman–Crippen LogP) is 1.72. The van der Waals surface area contributed by atoms with Crippen molar-refractivity contribution in [3.05, 3.63) is 34.2 Å². The van der Waals surface area contributed by atoms with E-state index < -0.39 is 0 Å². The fraction of sp³-hybridized carbons (Fsp3) is 0.364. The maximum Gasteiger partial charge on any atom is 0.163 e. The lowest BCUT2D eigenvalue weighted by Gasteiger charge is -2.12. The van der Waals surface area contributed by atoms with Crippen molar-refractivity contribution in [2.24, 2.45) is 10.8 Å². The largest absolute Gasteiger partial charge is 0.493 e. The van der Waals surface area contributed by atoms with Gasteiger partial charge in [0, 0.05) is 11.5 Å². The molecular weight excluding hydrogens is 266 g/mol. The van der Waals surface area contributed by atoms with Crippen LogP contribution >= 0.6 is 12.2 Å². The molecule has 19 heavy (non-hydrogen) atoms. The third-order valence-corrected chi connectivity index (χ3v) is 2.35. The Hall–Kier alpha value is -2.18. The Balaban J connectivity index is 2.66. The molecule has 7 nitrogen and oxygen atoms in total. The van der Waals surface area contributed by atoms with Crippen LogP contribution < -0.4 is 20.5 Å². The number of hydrogen-bond acceptors (Lipinski definition) is 4. The highest BCUT2D eigenvalue weighted by Gasteiger charge is 2.05. The third kappa shape index (κ3) is 5.33. The molecule has 0 atom stereocenters. The first kappa shape index (κ1) is 14.9. The summed E-state index contributed by atoms with van der Waals surface area (Å²) >= 11 is 4.73. The first-order chi connectivity index (χ1) is 9.17. The minimum absolute atomic E-state index is 0.244. The molecular formula is C11H15N5O2S. The van der Waals surface area contributed by atoms with Crippen LogP contribution in [0.3, 0.4) is 0 Å². The molecule has 0 spiro atoms. The zero-order chi connectivity index (χ0) is 14.1. The van der Waals surface area contributed by atoms with Gasteiger partial charge in [-0.05, 0) is 35.4 Å². The number of benzene rings is 1. The van der Waals surface area contributed by atoms with E-state index >= 15 is 0 Å². The molecule has 102 valence electrons. The zero-order valence-corrected chi connectivity index (χ0v) is 11.3. The van der Waals surface area contributed by atoms with Gasteiger partial charge >= 0.3 is 0 Å². The predicted molar refractivity (Wildman–Crippen MR) is 76.1 cm³/mol. The van der Waals surface area contributed by atoms with Gasteiger partial charge < -0.3 is 20.5 Å². The molecule has 1 rings (SSSR count). The second-order valence-electron chi connectivity index (χ2n) is 3.51. The standard InChI is InChI=1S/C11H15N5O2S/c1-17-10-6-8(7-14-11(12)19)2-3-9(10)18-5-4-15-16-13/h2-3,6H,4-5,7H2,1H3,(H3,12,14,19). The number of hydrogen-bond donors (Lipinski definition) is 2. The van der Waals surface area contributed by atoms with Crippen molar-refractivity contribution in [3.8, 4) is 11.5 Å². The number of nitrogens with one attached hydrogen (secondary N) is 1. The minimum atomic E-state index is 0.244. The highest BCUT2D eigenvalue weighted by atomic mass is 32.1. The number of ether oxygens (including phenoxy) is 2. The van der Waals surface area contributed by atoms with E-state index in [0.717, 1.165) is 5.56 Å². The van der Waals surface area contributed by atoms with Gasteiger partial charge in [-0.25, -0.2) is 0 Å². The SMILES string of the molecule is COc1cc(CNC(N)=S)ccc1OCCN=[N+]=[N-]. The normalized spacial score (nSPS) is 9.32. The van der Waals surface area contributed by atoms with E-state index in [0.29, 0.717) is 24.7 Å². The molecule has 8 heteroatoms. The van der Waals surface area contributed by atoms with Gasteiger partial charge in [0.1, 0.15) is 0 Å². The molecule has 0 aliphatic carbocycles. The van der Waals surface area contributed by atoms with E-state index in [1.807, 2.05) is 12.1 Å². The zero-order valence-electron chi connectivity index (χ0n) is 10.5. The van der Waals surface area contributed by atoms with E-state index in [2.05, 4.69) is 15.3 Å². The number of azide groups is 1. The second-order valence-corrected chi connectivity index (χ2v) is 3.95. The van der Waals surface area contributed by atoms with Crippen LogP contribution in [-0.4, -0.2) is 25.4 Å². The first-order valence-electron chi connectivity index (χ1n) is 5.51. The maximum atomic E-state index is 8.15. The van der Waals surface area contributed by atoms with E-state index in [9.17, 15) is 0 Å². The summed E-state index contributed by atoms with van der Waals surface area (Å²) in [6.07, 6.45) is 0. The molecule has 0 bridgehead atoms. The summed E-state index contributed by atoms with van der Waals surface area (Å²) in [6, 6.07) is 5.48. The lowest BCUT2D eigenvalue weighted by molar-refractivity contribution is 0.302. The van der Waals surface area contributed by atoms with E-state index in [1.54, 1.807) is 13.2 Å². The maximum absolute atomic E-state index is 8.15. The average Bonchev–Trinajstić information content (AvgIpc) is 2.42. The summed E-state index contributed by atoms with van der Waals surface area (Å²) in [5.41, 5.74) is 14.5. The summed E-state index contributed by atoms with van der Waals surface area (Å²) in [5.74, 6) is 1.19. The van der Waals surface area contributed by atoms with Crippen molar-refractivity contribution in [2.45, 2.75) is 6.54 Å². The second kappa shape index (κ2) is 8.02. The highest BCUT2D eigenvalue weighted by Crippen LogP contribution is 2.27. The van der Waals surface area contributed by atoms with Crippen molar-refractivity contribution < 1.29 is 9.47 Å². The van der Waals surface area contributed by atoms with Gasteiger partial charge in [0.15, 0.2) is 16.6 Å². The average molecular weight is 281 g/mol. The summed E-state index contributed by atoms with van der Waals surface area (Å²) in [4.78, 5) is 2.65. The number of rotatable bonds is 7. The van der Waals surface area contributed by atoms with Crippen molar-refractivity contribution in [1.82, 2.24) is 5.32 Å². The fourth-order valence-corrected chi connectivity index (χ4v) is 1.44. The molecule has 0 aliphatic rings. The van der Waals surface area contributed by atoms with Crippen LogP contribution in [0.15, 0.2) is 23.3 Å². The number of methoxy groups -OCH3 is 1. The summed E-state index contributed by atoms with van der Waals surface area (Å²) < 4.78 is 10.7. The van der Waals surface area contributed by atoms with Crippen LogP contribution in [0.25, 0.3) is 10.4 Å². The lowest BCUT2D eigenvalue weighted by atomic mass is 10.2.